The van der Waals surface area contributed by atoms with E-state index in [0.717, 1.165) is 64.2 Å². The van der Waals surface area contributed by atoms with Crippen LogP contribution >= 0.6 is 7.82 Å². The number of quaternary nitrogens is 1. The average molecular weight is 823 g/mol. The summed E-state index contributed by atoms with van der Waals surface area (Å²) in [5, 5.41) is 13.8. The summed E-state index contributed by atoms with van der Waals surface area (Å²) in [6.45, 7) is 4.51. The zero-order valence-electron chi connectivity index (χ0n) is 37.8. The monoisotopic (exact) mass is 823 g/mol. The molecule has 0 heterocycles. The zero-order valence-corrected chi connectivity index (χ0v) is 38.7. The van der Waals surface area contributed by atoms with E-state index in [9.17, 15) is 19.4 Å². The van der Waals surface area contributed by atoms with Gasteiger partial charge >= 0.3 is 0 Å². The quantitative estimate of drug-likeness (QED) is 0.0275. The Kier molecular flexibility index (Phi) is 38.8. The first-order valence-electron chi connectivity index (χ1n) is 23.5. The van der Waals surface area contributed by atoms with Crippen molar-refractivity contribution in [3.05, 3.63) is 48.6 Å². The lowest BCUT2D eigenvalue weighted by molar-refractivity contribution is -0.870. The summed E-state index contributed by atoms with van der Waals surface area (Å²) in [6.07, 6.45) is 50.3. The van der Waals surface area contributed by atoms with Crippen LogP contribution in [-0.2, 0) is 18.4 Å². The fourth-order valence-corrected chi connectivity index (χ4v) is 7.30. The van der Waals surface area contributed by atoms with Crippen LogP contribution in [0.25, 0.3) is 0 Å². The molecule has 334 valence electrons. The fourth-order valence-electron chi connectivity index (χ4n) is 6.58. The van der Waals surface area contributed by atoms with E-state index in [1.807, 2.05) is 27.2 Å². The second kappa shape index (κ2) is 39.9. The van der Waals surface area contributed by atoms with Crippen molar-refractivity contribution >= 4 is 13.7 Å². The standard InChI is InChI=1S/C48H91N2O6P/c1-6-8-10-12-14-16-18-20-21-22-23-24-25-26-27-28-30-31-33-35-37-39-41-47(51)46(45-56-57(53,54)55-44-43-50(3,4)5)49-48(52)42-40-38-36-34-32-29-19-17-15-13-11-9-7-2/h9,11,15,17,29,32,39,41,46-47,51H,6-8,10,12-14,16,18-28,30-31,33-38,40,42-45H2,1-5H3,(H-,49,52,53,54)/b11-9-,17-15-,32-29-,41-39+. The number of allylic oxidation sites excluding steroid dienone is 7. The van der Waals surface area contributed by atoms with Crippen LogP contribution in [0.5, 0.6) is 0 Å². The van der Waals surface area contributed by atoms with Gasteiger partial charge in [0.05, 0.1) is 39.9 Å². The molecule has 0 aliphatic rings. The van der Waals surface area contributed by atoms with Crippen LogP contribution in [0, 0.1) is 0 Å². The molecule has 0 aromatic rings. The van der Waals surface area contributed by atoms with Gasteiger partial charge in [-0.25, -0.2) is 0 Å². The summed E-state index contributed by atoms with van der Waals surface area (Å²) in [5.41, 5.74) is 0. The normalized spacial score (nSPS) is 14.7. The number of unbranched alkanes of at least 4 members (excludes halogenated alkanes) is 23. The van der Waals surface area contributed by atoms with Gasteiger partial charge in [0.1, 0.15) is 13.2 Å². The number of carbonyl (C=O) groups is 1. The second-order valence-corrected chi connectivity index (χ2v) is 18.5. The molecule has 0 saturated heterocycles. The lowest BCUT2D eigenvalue weighted by Crippen LogP contribution is -2.45. The van der Waals surface area contributed by atoms with Crippen molar-refractivity contribution in [2.24, 2.45) is 0 Å². The Morgan fingerprint density at radius 1 is 0.632 bits per heavy atom. The van der Waals surface area contributed by atoms with Crippen LogP contribution in [0.15, 0.2) is 48.6 Å². The molecule has 0 bridgehead atoms. The summed E-state index contributed by atoms with van der Waals surface area (Å²) >= 11 is 0. The number of phosphoric acid groups is 1. The van der Waals surface area contributed by atoms with Crippen molar-refractivity contribution < 1.29 is 32.9 Å². The molecule has 3 unspecified atom stereocenters. The van der Waals surface area contributed by atoms with Crippen LogP contribution in [0.1, 0.15) is 200 Å². The van der Waals surface area contributed by atoms with Crippen LogP contribution < -0.4 is 10.2 Å². The molecular weight excluding hydrogens is 732 g/mol. The summed E-state index contributed by atoms with van der Waals surface area (Å²) in [6, 6.07) is -0.902. The Morgan fingerprint density at radius 2 is 1.07 bits per heavy atom. The van der Waals surface area contributed by atoms with Crippen LogP contribution in [-0.4, -0.2) is 68.5 Å². The summed E-state index contributed by atoms with van der Waals surface area (Å²) in [4.78, 5) is 25.3. The molecule has 0 rings (SSSR count). The minimum atomic E-state index is -4.60. The minimum Gasteiger partial charge on any atom is -0.756 e. The summed E-state index contributed by atoms with van der Waals surface area (Å²) < 4.78 is 23.2. The maximum absolute atomic E-state index is 12.8. The highest BCUT2D eigenvalue weighted by molar-refractivity contribution is 7.45. The van der Waals surface area contributed by atoms with E-state index in [-0.39, 0.29) is 12.5 Å². The van der Waals surface area contributed by atoms with Gasteiger partial charge in [0, 0.05) is 6.42 Å². The third-order valence-corrected chi connectivity index (χ3v) is 11.3. The maximum atomic E-state index is 12.8. The van der Waals surface area contributed by atoms with E-state index in [1.165, 1.54) is 116 Å². The smallest absolute Gasteiger partial charge is 0.268 e. The van der Waals surface area contributed by atoms with Gasteiger partial charge in [-0.3, -0.25) is 9.36 Å². The molecule has 1 amide bonds. The van der Waals surface area contributed by atoms with Crippen LogP contribution in [0.2, 0.25) is 0 Å². The highest BCUT2D eigenvalue weighted by Gasteiger charge is 2.23. The number of nitrogens with zero attached hydrogens (tertiary/aromatic N) is 1. The first kappa shape index (κ1) is 55.5. The van der Waals surface area contributed by atoms with E-state index < -0.39 is 26.6 Å². The number of hydrogen-bond acceptors (Lipinski definition) is 6. The third-order valence-electron chi connectivity index (χ3n) is 10.3. The van der Waals surface area contributed by atoms with Crippen molar-refractivity contribution in [1.82, 2.24) is 5.32 Å². The first-order chi connectivity index (χ1) is 27.5. The Labute approximate surface area is 352 Å². The lowest BCUT2D eigenvalue weighted by atomic mass is 10.0. The molecule has 3 atom stereocenters. The molecule has 0 spiro atoms. The van der Waals surface area contributed by atoms with Crippen molar-refractivity contribution in [2.75, 3.05) is 40.9 Å². The molecule has 0 aliphatic heterocycles. The van der Waals surface area contributed by atoms with E-state index in [2.05, 4.69) is 55.6 Å². The van der Waals surface area contributed by atoms with Crippen molar-refractivity contribution in [2.45, 2.75) is 212 Å². The van der Waals surface area contributed by atoms with Crippen molar-refractivity contribution in [3.63, 3.8) is 0 Å². The van der Waals surface area contributed by atoms with Crippen LogP contribution in [0.4, 0.5) is 0 Å². The molecule has 0 fully saturated rings. The fraction of sp³-hybridized carbons (Fsp3) is 0.812. The highest BCUT2D eigenvalue weighted by Crippen LogP contribution is 2.38. The molecule has 57 heavy (non-hydrogen) atoms. The average Bonchev–Trinajstić information content (AvgIpc) is 3.16. The molecular formula is C48H91N2O6P. The van der Waals surface area contributed by atoms with Crippen LogP contribution in [0.3, 0.4) is 0 Å². The van der Waals surface area contributed by atoms with Crippen molar-refractivity contribution in [1.29, 1.82) is 0 Å². The third kappa shape index (κ3) is 42.4. The van der Waals surface area contributed by atoms with Gasteiger partial charge in [0.15, 0.2) is 0 Å². The van der Waals surface area contributed by atoms with Gasteiger partial charge in [-0.1, -0.05) is 191 Å². The summed E-state index contributed by atoms with van der Waals surface area (Å²) in [5.74, 6) is -0.227. The van der Waals surface area contributed by atoms with E-state index in [0.29, 0.717) is 17.4 Å². The number of nitrogens with one attached hydrogen (secondary N) is 1. The second-order valence-electron chi connectivity index (χ2n) is 17.1. The molecule has 0 aromatic heterocycles. The molecule has 2 N–H and O–H groups in total. The van der Waals surface area contributed by atoms with Gasteiger partial charge in [0.2, 0.25) is 5.91 Å². The largest absolute Gasteiger partial charge is 0.756 e. The Hall–Kier alpha value is -1.54. The molecule has 0 aliphatic carbocycles. The molecule has 0 saturated carbocycles. The Morgan fingerprint density at radius 3 is 1.56 bits per heavy atom. The van der Waals surface area contributed by atoms with E-state index >= 15 is 0 Å². The number of rotatable bonds is 42. The van der Waals surface area contributed by atoms with Gasteiger partial charge in [-0.2, -0.15) is 0 Å². The van der Waals surface area contributed by atoms with Crippen molar-refractivity contribution in [3.8, 4) is 0 Å². The SMILES string of the molecule is CC/C=C\C/C=C\C/C=C\CCCCCC(=O)NC(COP(=O)([O-])OCC[N+](C)(C)C)C(O)/C=C/CCCCCCCCCCCCCCCCCCCCCC. The maximum Gasteiger partial charge on any atom is 0.268 e. The number of likely N-dealkylation sites (N-methyl/N-ethyl adjacent to an activating group) is 1. The predicted octanol–water partition coefficient (Wildman–Crippen LogP) is 12.6. The number of amides is 1. The first-order valence-corrected chi connectivity index (χ1v) is 25.0. The van der Waals surface area contributed by atoms with E-state index in [1.54, 1.807) is 6.08 Å². The summed E-state index contributed by atoms with van der Waals surface area (Å²) in [7, 11) is 1.24. The Balaban J connectivity index is 4.36. The highest BCUT2D eigenvalue weighted by atomic mass is 31.2. The lowest BCUT2D eigenvalue weighted by Gasteiger charge is -2.29. The minimum absolute atomic E-state index is 0.00817. The van der Waals surface area contributed by atoms with Gasteiger partial charge in [0.25, 0.3) is 7.82 Å². The zero-order chi connectivity index (χ0) is 42.1. The molecule has 0 aromatic carbocycles. The van der Waals surface area contributed by atoms with Gasteiger partial charge < -0.3 is 28.8 Å². The number of carbonyl (C=O) groups excluding carboxylic acids is 1. The van der Waals surface area contributed by atoms with Gasteiger partial charge in [-0.15, -0.1) is 0 Å². The molecule has 0 radical (unpaired) electrons. The number of aliphatic hydroxyl groups excluding tert-OH is 1. The number of aliphatic hydroxyl groups is 1. The number of hydrogen-bond donors (Lipinski definition) is 2. The predicted molar refractivity (Wildman–Crippen MR) is 242 cm³/mol. The van der Waals surface area contributed by atoms with Gasteiger partial charge in [-0.05, 0) is 51.4 Å². The topological polar surface area (TPSA) is 108 Å². The molecule has 8 nitrogen and oxygen atoms in total. The Bertz CT molecular complexity index is 1070. The molecule has 9 heteroatoms. The van der Waals surface area contributed by atoms with E-state index in [4.69, 9.17) is 9.05 Å². The number of phosphoric ester groups is 1.